The Morgan fingerprint density at radius 2 is 1.77 bits per heavy atom. The molecule has 26 heavy (non-hydrogen) atoms. The number of hydrogen-bond donors (Lipinski definition) is 1. The van der Waals surface area contributed by atoms with Gasteiger partial charge in [0, 0.05) is 21.9 Å². The van der Waals surface area contributed by atoms with E-state index in [1.165, 1.54) is 0 Å². The third kappa shape index (κ3) is 3.61. The Labute approximate surface area is 163 Å². The molecule has 0 aliphatic rings. The number of nitrogens with one attached hydrogen (secondary N) is 1. The van der Waals surface area contributed by atoms with Gasteiger partial charge in [0.15, 0.2) is 0 Å². The third-order valence-corrected chi connectivity index (χ3v) is 5.28. The molecule has 6 heteroatoms. The van der Waals surface area contributed by atoms with Crippen molar-refractivity contribution < 1.29 is 4.79 Å². The van der Waals surface area contributed by atoms with Crippen molar-refractivity contribution in [3.63, 3.8) is 0 Å². The van der Waals surface area contributed by atoms with Gasteiger partial charge in [-0.2, -0.15) is 5.10 Å². The average Bonchev–Trinajstić information content (AvgIpc) is 3.35. The number of amides is 1. The molecule has 0 saturated heterocycles. The SMILES string of the molecule is O=C(Nc1ccc(Br)cc1)c1ccc(-n2ccc(-c3cccs3)n2)cc1. The predicted octanol–water partition coefficient (Wildman–Crippen LogP) is 5.62. The molecule has 0 fully saturated rings. The van der Waals surface area contributed by atoms with Crippen LogP contribution in [0.3, 0.4) is 0 Å². The van der Waals surface area contributed by atoms with E-state index in [0.29, 0.717) is 5.56 Å². The van der Waals surface area contributed by atoms with Crippen LogP contribution in [0.5, 0.6) is 0 Å². The van der Waals surface area contributed by atoms with Crippen molar-refractivity contribution in [2.24, 2.45) is 0 Å². The topological polar surface area (TPSA) is 46.9 Å². The molecule has 4 nitrogen and oxygen atoms in total. The van der Waals surface area contributed by atoms with Crippen molar-refractivity contribution in [2.75, 3.05) is 5.32 Å². The Bertz CT molecular complexity index is 1020. The lowest BCUT2D eigenvalue weighted by Crippen LogP contribution is -2.11. The highest BCUT2D eigenvalue weighted by atomic mass is 79.9. The van der Waals surface area contributed by atoms with Crippen LogP contribution in [0.15, 0.2) is 82.8 Å². The molecule has 0 saturated carbocycles. The zero-order chi connectivity index (χ0) is 17.9. The van der Waals surface area contributed by atoms with Gasteiger partial charge in [-0.25, -0.2) is 4.68 Å². The molecule has 128 valence electrons. The largest absolute Gasteiger partial charge is 0.322 e. The minimum absolute atomic E-state index is 0.140. The summed E-state index contributed by atoms with van der Waals surface area (Å²) in [5, 5.41) is 9.52. The second kappa shape index (κ2) is 7.27. The smallest absolute Gasteiger partial charge is 0.255 e. The number of hydrogen-bond acceptors (Lipinski definition) is 3. The van der Waals surface area contributed by atoms with Gasteiger partial charge in [-0.3, -0.25) is 4.79 Å². The van der Waals surface area contributed by atoms with E-state index >= 15 is 0 Å². The third-order valence-electron chi connectivity index (χ3n) is 3.86. The van der Waals surface area contributed by atoms with Crippen molar-refractivity contribution in [2.45, 2.75) is 0 Å². The highest BCUT2D eigenvalue weighted by Crippen LogP contribution is 2.23. The highest BCUT2D eigenvalue weighted by Gasteiger charge is 2.08. The van der Waals surface area contributed by atoms with Crippen molar-refractivity contribution in [3.05, 3.63) is 88.3 Å². The molecule has 2 aromatic carbocycles. The lowest BCUT2D eigenvalue weighted by molar-refractivity contribution is 0.102. The van der Waals surface area contributed by atoms with E-state index in [4.69, 9.17) is 0 Å². The number of rotatable bonds is 4. The summed E-state index contributed by atoms with van der Waals surface area (Å²) in [5.74, 6) is -0.140. The summed E-state index contributed by atoms with van der Waals surface area (Å²) in [6, 6.07) is 20.9. The molecule has 2 heterocycles. The second-order valence-corrected chi connectivity index (χ2v) is 7.49. The molecule has 0 aliphatic heterocycles. The van der Waals surface area contributed by atoms with Crippen LogP contribution in [0.2, 0.25) is 0 Å². The average molecular weight is 424 g/mol. The molecule has 2 aromatic heterocycles. The Morgan fingerprint density at radius 1 is 1.00 bits per heavy atom. The fourth-order valence-electron chi connectivity index (χ4n) is 2.53. The Morgan fingerprint density at radius 3 is 2.46 bits per heavy atom. The Kier molecular flexibility index (Phi) is 4.69. The van der Waals surface area contributed by atoms with Crippen LogP contribution in [0, 0.1) is 0 Å². The minimum Gasteiger partial charge on any atom is -0.322 e. The number of halogens is 1. The maximum Gasteiger partial charge on any atom is 0.255 e. The normalized spacial score (nSPS) is 10.7. The van der Waals surface area contributed by atoms with Crippen molar-refractivity contribution in [1.29, 1.82) is 0 Å². The van der Waals surface area contributed by atoms with Crippen molar-refractivity contribution >= 4 is 38.9 Å². The van der Waals surface area contributed by atoms with Gasteiger partial charge in [0.25, 0.3) is 5.91 Å². The number of aromatic nitrogens is 2. The first-order chi connectivity index (χ1) is 12.7. The van der Waals surface area contributed by atoms with Crippen LogP contribution in [-0.4, -0.2) is 15.7 Å². The quantitative estimate of drug-likeness (QED) is 0.463. The number of benzene rings is 2. The van der Waals surface area contributed by atoms with Crippen LogP contribution in [-0.2, 0) is 0 Å². The molecule has 0 unspecified atom stereocenters. The lowest BCUT2D eigenvalue weighted by atomic mass is 10.2. The van der Waals surface area contributed by atoms with E-state index in [1.54, 1.807) is 23.5 Å². The molecule has 0 radical (unpaired) electrons. The Balaban J connectivity index is 1.49. The van der Waals surface area contributed by atoms with Crippen LogP contribution in [0.4, 0.5) is 5.69 Å². The first-order valence-electron chi connectivity index (χ1n) is 7.96. The monoisotopic (exact) mass is 423 g/mol. The number of carbonyl (C=O) groups excluding carboxylic acids is 1. The van der Waals surface area contributed by atoms with E-state index in [9.17, 15) is 4.79 Å². The summed E-state index contributed by atoms with van der Waals surface area (Å²) >= 11 is 5.04. The molecule has 4 aromatic rings. The van der Waals surface area contributed by atoms with Gasteiger partial charge in [0.05, 0.1) is 10.6 Å². The summed E-state index contributed by atoms with van der Waals surface area (Å²) in [6.07, 6.45) is 1.92. The van der Waals surface area contributed by atoms with Crippen LogP contribution in [0.1, 0.15) is 10.4 Å². The number of nitrogens with zero attached hydrogens (tertiary/aromatic N) is 2. The van der Waals surface area contributed by atoms with Crippen LogP contribution >= 0.6 is 27.3 Å². The fourth-order valence-corrected chi connectivity index (χ4v) is 3.48. The van der Waals surface area contributed by atoms with Crippen LogP contribution < -0.4 is 5.32 Å². The van der Waals surface area contributed by atoms with E-state index in [-0.39, 0.29) is 5.91 Å². The van der Waals surface area contributed by atoms with Gasteiger partial charge in [0.2, 0.25) is 0 Å². The zero-order valence-corrected chi connectivity index (χ0v) is 16.0. The van der Waals surface area contributed by atoms with E-state index in [1.807, 2.05) is 70.9 Å². The van der Waals surface area contributed by atoms with Crippen molar-refractivity contribution in [1.82, 2.24) is 9.78 Å². The molecular weight excluding hydrogens is 410 g/mol. The maximum atomic E-state index is 12.4. The summed E-state index contributed by atoms with van der Waals surface area (Å²) in [7, 11) is 0. The summed E-state index contributed by atoms with van der Waals surface area (Å²) in [4.78, 5) is 13.5. The summed E-state index contributed by atoms with van der Waals surface area (Å²) in [6.45, 7) is 0. The van der Waals surface area contributed by atoms with E-state index in [2.05, 4.69) is 26.3 Å². The molecule has 0 aliphatic carbocycles. The van der Waals surface area contributed by atoms with Crippen LogP contribution in [0.25, 0.3) is 16.3 Å². The van der Waals surface area contributed by atoms with Gasteiger partial charge in [0.1, 0.15) is 5.69 Å². The molecule has 0 bridgehead atoms. The van der Waals surface area contributed by atoms with Crippen molar-refractivity contribution in [3.8, 4) is 16.3 Å². The van der Waals surface area contributed by atoms with Gasteiger partial charge in [-0.1, -0.05) is 22.0 Å². The van der Waals surface area contributed by atoms with Gasteiger partial charge in [-0.15, -0.1) is 11.3 Å². The van der Waals surface area contributed by atoms with Gasteiger partial charge in [-0.05, 0) is 66.0 Å². The lowest BCUT2D eigenvalue weighted by Gasteiger charge is -2.07. The standard InChI is InChI=1S/C20H14BrN3OS/c21-15-5-7-16(8-6-15)22-20(25)14-3-9-17(10-4-14)24-12-11-18(23-24)19-2-1-13-26-19/h1-13H,(H,22,25). The van der Waals surface area contributed by atoms with E-state index < -0.39 is 0 Å². The maximum absolute atomic E-state index is 12.4. The molecule has 1 amide bonds. The minimum atomic E-state index is -0.140. The molecule has 0 atom stereocenters. The second-order valence-electron chi connectivity index (χ2n) is 5.63. The number of carbonyl (C=O) groups is 1. The van der Waals surface area contributed by atoms with Gasteiger partial charge >= 0.3 is 0 Å². The fraction of sp³-hybridized carbons (Fsp3) is 0. The first kappa shape index (κ1) is 16.8. The van der Waals surface area contributed by atoms with E-state index in [0.717, 1.165) is 26.4 Å². The van der Waals surface area contributed by atoms with Gasteiger partial charge < -0.3 is 5.32 Å². The highest BCUT2D eigenvalue weighted by molar-refractivity contribution is 9.10. The molecule has 1 N–H and O–H groups in total. The molecule has 0 spiro atoms. The number of thiophene rings is 1. The first-order valence-corrected chi connectivity index (χ1v) is 9.63. The number of anilines is 1. The summed E-state index contributed by atoms with van der Waals surface area (Å²) < 4.78 is 2.78. The summed E-state index contributed by atoms with van der Waals surface area (Å²) in [5.41, 5.74) is 3.21. The predicted molar refractivity (Wildman–Crippen MR) is 109 cm³/mol. The molecular formula is C20H14BrN3OS. The zero-order valence-electron chi connectivity index (χ0n) is 13.6. The molecule has 4 rings (SSSR count). The Hall–Kier alpha value is -2.70.